The predicted molar refractivity (Wildman–Crippen MR) is 73.5 cm³/mol. The van der Waals surface area contributed by atoms with Crippen molar-refractivity contribution in [1.82, 2.24) is 10.2 Å². The highest BCUT2D eigenvalue weighted by Gasteiger charge is 2.14. The third-order valence-corrected chi connectivity index (χ3v) is 3.22. The molecule has 0 aliphatic carbocycles. The zero-order chi connectivity index (χ0) is 14.5. The summed E-state index contributed by atoms with van der Waals surface area (Å²) in [6, 6.07) is 5.06. The third kappa shape index (κ3) is 3.36. The van der Waals surface area contributed by atoms with E-state index in [0.717, 1.165) is 0 Å². The van der Waals surface area contributed by atoms with Gasteiger partial charge >= 0.3 is 5.97 Å². The molecule has 0 spiro atoms. The minimum absolute atomic E-state index is 0.0600. The Morgan fingerprint density at radius 1 is 1.35 bits per heavy atom. The molecule has 1 aromatic heterocycles. The number of aryl methyl sites for hydroxylation is 1. The fourth-order valence-corrected chi connectivity index (χ4v) is 1.89. The van der Waals surface area contributed by atoms with E-state index < -0.39 is 5.97 Å². The van der Waals surface area contributed by atoms with Gasteiger partial charge in [0.1, 0.15) is 5.75 Å². The predicted octanol–water partition coefficient (Wildman–Crippen LogP) is 2.76. The number of rotatable bonds is 5. The molecule has 0 N–H and O–H groups in total. The summed E-state index contributed by atoms with van der Waals surface area (Å²) in [5, 5.41) is 7.57. The number of nitrogens with zero attached hydrogens (tertiary/aromatic N) is 2. The lowest BCUT2D eigenvalue weighted by molar-refractivity contribution is 0.0435. The maximum atomic E-state index is 12.0. The Morgan fingerprint density at radius 2 is 2.10 bits per heavy atom. The van der Waals surface area contributed by atoms with Crippen molar-refractivity contribution in [1.29, 1.82) is 0 Å². The Bertz CT molecular complexity index is 612. The van der Waals surface area contributed by atoms with Crippen molar-refractivity contribution < 1.29 is 18.7 Å². The number of halogens is 1. The molecule has 0 fully saturated rings. The second kappa shape index (κ2) is 6.51. The molecule has 0 unspecified atom stereocenters. The van der Waals surface area contributed by atoms with Gasteiger partial charge in [0.15, 0.2) is 6.61 Å². The zero-order valence-electron chi connectivity index (χ0n) is 11.1. The Morgan fingerprint density at radius 3 is 2.75 bits per heavy atom. The quantitative estimate of drug-likeness (QED) is 0.779. The summed E-state index contributed by atoms with van der Waals surface area (Å²) < 4.78 is 16.1. The van der Waals surface area contributed by atoms with E-state index in [1.54, 1.807) is 18.2 Å². The van der Waals surface area contributed by atoms with Crippen molar-refractivity contribution in [2.75, 3.05) is 7.11 Å². The highest BCUT2D eigenvalue weighted by Crippen LogP contribution is 2.23. The van der Waals surface area contributed by atoms with Gasteiger partial charge in [0.25, 0.3) is 5.89 Å². The molecule has 20 heavy (non-hydrogen) atoms. The van der Waals surface area contributed by atoms with E-state index in [2.05, 4.69) is 26.1 Å². The van der Waals surface area contributed by atoms with Crippen LogP contribution < -0.4 is 4.74 Å². The van der Waals surface area contributed by atoms with Crippen LogP contribution in [0.1, 0.15) is 29.1 Å². The van der Waals surface area contributed by atoms with Crippen molar-refractivity contribution in [2.45, 2.75) is 20.0 Å². The van der Waals surface area contributed by atoms with Crippen LogP contribution in [-0.4, -0.2) is 23.3 Å². The summed E-state index contributed by atoms with van der Waals surface area (Å²) >= 11 is 3.29. The number of esters is 1. The SMILES string of the molecule is CCc1nnc(COC(=O)c2cc(OC)ccc2Br)o1. The van der Waals surface area contributed by atoms with Crippen LogP contribution in [0.2, 0.25) is 0 Å². The molecule has 7 heteroatoms. The summed E-state index contributed by atoms with van der Waals surface area (Å²) in [6.07, 6.45) is 0.641. The summed E-state index contributed by atoms with van der Waals surface area (Å²) in [4.78, 5) is 12.0. The van der Waals surface area contributed by atoms with E-state index >= 15 is 0 Å². The summed E-state index contributed by atoms with van der Waals surface area (Å²) in [6.45, 7) is 1.84. The van der Waals surface area contributed by atoms with Crippen molar-refractivity contribution >= 4 is 21.9 Å². The van der Waals surface area contributed by atoms with Gasteiger partial charge in [-0.2, -0.15) is 0 Å². The van der Waals surface area contributed by atoms with Crippen molar-refractivity contribution in [3.63, 3.8) is 0 Å². The second-order valence-electron chi connectivity index (χ2n) is 3.87. The number of hydrogen-bond acceptors (Lipinski definition) is 6. The number of benzene rings is 1. The van der Waals surface area contributed by atoms with Crippen molar-refractivity contribution in [3.8, 4) is 5.75 Å². The molecule has 2 aromatic rings. The van der Waals surface area contributed by atoms with Gasteiger partial charge in [-0.25, -0.2) is 4.79 Å². The Labute approximate surface area is 124 Å². The zero-order valence-corrected chi connectivity index (χ0v) is 12.6. The van der Waals surface area contributed by atoms with Crippen LogP contribution in [0.15, 0.2) is 27.1 Å². The van der Waals surface area contributed by atoms with E-state index in [9.17, 15) is 4.79 Å². The van der Waals surface area contributed by atoms with Gasteiger partial charge in [0.05, 0.1) is 12.7 Å². The molecule has 2 rings (SSSR count). The number of methoxy groups -OCH3 is 1. The molecule has 0 saturated heterocycles. The molecule has 1 heterocycles. The van der Waals surface area contributed by atoms with Crippen LogP contribution in [0.3, 0.4) is 0 Å². The molecule has 0 aliphatic heterocycles. The Kier molecular flexibility index (Phi) is 4.73. The van der Waals surface area contributed by atoms with E-state index in [-0.39, 0.29) is 12.5 Å². The highest BCUT2D eigenvalue weighted by molar-refractivity contribution is 9.10. The van der Waals surface area contributed by atoms with Gasteiger partial charge in [-0.3, -0.25) is 0 Å². The van der Waals surface area contributed by atoms with Gasteiger partial charge < -0.3 is 13.9 Å². The average Bonchev–Trinajstić information content (AvgIpc) is 2.93. The van der Waals surface area contributed by atoms with E-state index in [1.807, 2.05) is 6.92 Å². The topological polar surface area (TPSA) is 74.5 Å². The Hall–Kier alpha value is -1.89. The van der Waals surface area contributed by atoms with Crippen LogP contribution >= 0.6 is 15.9 Å². The maximum Gasteiger partial charge on any atom is 0.339 e. The lowest BCUT2D eigenvalue weighted by Crippen LogP contribution is -2.06. The number of hydrogen-bond donors (Lipinski definition) is 0. The van der Waals surface area contributed by atoms with Crippen LogP contribution in [0, 0.1) is 0 Å². The first-order valence-electron chi connectivity index (χ1n) is 5.96. The molecule has 1 aromatic carbocycles. The third-order valence-electron chi connectivity index (χ3n) is 2.53. The lowest BCUT2D eigenvalue weighted by Gasteiger charge is -2.06. The van der Waals surface area contributed by atoms with Gasteiger partial charge in [-0.1, -0.05) is 6.92 Å². The number of carbonyl (C=O) groups is 1. The normalized spacial score (nSPS) is 10.3. The van der Waals surface area contributed by atoms with Gasteiger partial charge in [0.2, 0.25) is 5.89 Å². The monoisotopic (exact) mass is 340 g/mol. The van der Waals surface area contributed by atoms with Crippen LogP contribution in [-0.2, 0) is 17.8 Å². The maximum absolute atomic E-state index is 12.0. The second-order valence-corrected chi connectivity index (χ2v) is 4.72. The number of carbonyl (C=O) groups excluding carboxylic acids is 1. The fourth-order valence-electron chi connectivity index (χ4n) is 1.48. The first-order chi connectivity index (χ1) is 9.63. The van der Waals surface area contributed by atoms with Crippen LogP contribution in [0.4, 0.5) is 0 Å². The molecular formula is C13H13BrN2O4. The van der Waals surface area contributed by atoms with Gasteiger partial charge in [0, 0.05) is 10.9 Å². The molecule has 0 aliphatic rings. The number of aromatic nitrogens is 2. The number of ether oxygens (including phenoxy) is 2. The standard InChI is InChI=1S/C13H13BrN2O4/c1-3-11-15-16-12(20-11)7-19-13(17)9-6-8(18-2)4-5-10(9)14/h4-6H,3,7H2,1-2H3. The van der Waals surface area contributed by atoms with Crippen molar-refractivity contribution in [3.05, 3.63) is 40.0 Å². The van der Waals surface area contributed by atoms with Crippen LogP contribution in [0.5, 0.6) is 5.75 Å². The van der Waals surface area contributed by atoms with Gasteiger partial charge in [-0.05, 0) is 34.1 Å². The molecule has 6 nitrogen and oxygen atoms in total. The fraction of sp³-hybridized carbons (Fsp3) is 0.308. The summed E-state index contributed by atoms with van der Waals surface area (Å²) in [7, 11) is 1.53. The minimum atomic E-state index is -0.493. The van der Waals surface area contributed by atoms with E-state index in [1.165, 1.54) is 7.11 Å². The summed E-state index contributed by atoms with van der Waals surface area (Å²) in [5.41, 5.74) is 0.375. The molecule has 106 valence electrons. The van der Waals surface area contributed by atoms with E-state index in [4.69, 9.17) is 13.9 Å². The van der Waals surface area contributed by atoms with Crippen LogP contribution in [0.25, 0.3) is 0 Å². The highest BCUT2D eigenvalue weighted by atomic mass is 79.9. The first-order valence-corrected chi connectivity index (χ1v) is 6.75. The molecule has 0 bridgehead atoms. The Balaban J connectivity index is 2.04. The molecule has 0 atom stereocenters. The van der Waals surface area contributed by atoms with Gasteiger partial charge in [-0.15, -0.1) is 10.2 Å². The largest absolute Gasteiger partial charge is 0.497 e. The van der Waals surface area contributed by atoms with Crippen molar-refractivity contribution in [2.24, 2.45) is 0 Å². The molecule has 0 radical (unpaired) electrons. The molecule has 0 saturated carbocycles. The first kappa shape index (κ1) is 14.5. The minimum Gasteiger partial charge on any atom is -0.497 e. The van der Waals surface area contributed by atoms with E-state index in [0.29, 0.717) is 28.1 Å². The smallest absolute Gasteiger partial charge is 0.339 e. The summed E-state index contributed by atoms with van der Waals surface area (Å²) in [5.74, 6) is 0.867. The molecular weight excluding hydrogens is 328 g/mol. The molecule has 0 amide bonds. The average molecular weight is 341 g/mol. The lowest BCUT2D eigenvalue weighted by atomic mass is 10.2.